The Balaban J connectivity index is 1.34. The number of carbonyl (C=O) groups excluding carboxylic acids is 2. The molecule has 0 N–H and O–H groups in total. The van der Waals surface area contributed by atoms with E-state index in [4.69, 9.17) is 9.15 Å². The summed E-state index contributed by atoms with van der Waals surface area (Å²) < 4.78 is 37.7. The molecule has 2 saturated heterocycles. The molecule has 0 aliphatic carbocycles. The summed E-state index contributed by atoms with van der Waals surface area (Å²) in [6, 6.07) is 13.0. The highest BCUT2D eigenvalue weighted by Crippen LogP contribution is 2.37. The molecule has 0 unspecified atom stereocenters. The molecule has 0 radical (unpaired) electrons. The second kappa shape index (κ2) is 7.23. The molecule has 2 amide bonds. The van der Waals surface area contributed by atoms with E-state index < -0.39 is 17.7 Å². The van der Waals surface area contributed by atoms with Crippen LogP contribution in [0.1, 0.15) is 17.0 Å². The van der Waals surface area contributed by atoms with Crippen LogP contribution in [0.15, 0.2) is 59.0 Å². The Morgan fingerprint density at radius 1 is 1.06 bits per heavy atom. The molecule has 1 aromatic heterocycles. The van der Waals surface area contributed by atoms with Gasteiger partial charge < -0.3 is 19.0 Å². The van der Waals surface area contributed by atoms with Crippen LogP contribution in [-0.4, -0.2) is 42.5 Å². The summed E-state index contributed by atoms with van der Waals surface area (Å²) in [4.78, 5) is 28.8. The SMILES string of the molecule is COc1ccc(-c2ccc(C(=O)N3C[C@@H]4C[C@H]3C(=O)N4c3ccc(F)c(F)c3)o2)cc1. The fourth-order valence-corrected chi connectivity index (χ4v) is 4.28. The molecule has 158 valence electrons. The van der Waals surface area contributed by atoms with E-state index in [-0.39, 0.29) is 23.6 Å². The molecule has 0 saturated carbocycles. The first-order chi connectivity index (χ1) is 15.0. The van der Waals surface area contributed by atoms with Gasteiger partial charge >= 0.3 is 0 Å². The summed E-state index contributed by atoms with van der Waals surface area (Å²) >= 11 is 0. The minimum Gasteiger partial charge on any atom is -0.497 e. The van der Waals surface area contributed by atoms with Crippen LogP contribution >= 0.6 is 0 Å². The molecule has 6 nitrogen and oxygen atoms in total. The zero-order chi connectivity index (χ0) is 21.7. The Morgan fingerprint density at radius 2 is 1.84 bits per heavy atom. The highest BCUT2D eigenvalue weighted by atomic mass is 19.2. The second-order valence-electron chi connectivity index (χ2n) is 7.56. The van der Waals surface area contributed by atoms with Gasteiger partial charge in [0.25, 0.3) is 5.91 Å². The lowest BCUT2D eigenvalue weighted by atomic mass is 10.2. The lowest BCUT2D eigenvalue weighted by molar-refractivity contribution is -0.121. The molecule has 2 aromatic carbocycles. The molecule has 3 heterocycles. The van der Waals surface area contributed by atoms with E-state index in [2.05, 4.69) is 0 Å². The van der Waals surface area contributed by atoms with Crippen molar-refractivity contribution >= 4 is 17.5 Å². The van der Waals surface area contributed by atoms with Gasteiger partial charge in [0.05, 0.1) is 13.2 Å². The van der Waals surface area contributed by atoms with E-state index in [9.17, 15) is 18.4 Å². The molecule has 2 bridgehead atoms. The van der Waals surface area contributed by atoms with Crippen LogP contribution in [0.2, 0.25) is 0 Å². The summed E-state index contributed by atoms with van der Waals surface area (Å²) in [6.07, 6.45) is 0.440. The number of amides is 2. The molecule has 2 fully saturated rings. The van der Waals surface area contributed by atoms with Gasteiger partial charge in [-0.15, -0.1) is 0 Å². The van der Waals surface area contributed by atoms with Crippen molar-refractivity contribution in [1.82, 2.24) is 4.90 Å². The maximum absolute atomic E-state index is 13.6. The second-order valence-corrected chi connectivity index (χ2v) is 7.56. The molecule has 31 heavy (non-hydrogen) atoms. The number of anilines is 1. The smallest absolute Gasteiger partial charge is 0.290 e. The van der Waals surface area contributed by atoms with Crippen LogP contribution in [0, 0.1) is 11.6 Å². The fourth-order valence-electron chi connectivity index (χ4n) is 4.28. The van der Waals surface area contributed by atoms with Gasteiger partial charge in [0.15, 0.2) is 17.4 Å². The molecule has 2 atom stereocenters. The van der Waals surface area contributed by atoms with Gasteiger partial charge in [0.1, 0.15) is 17.6 Å². The summed E-state index contributed by atoms with van der Waals surface area (Å²) in [5, 5.41) is 0. The molecule has 8 heteroatoms. The van der Waals surface area contributed by atoms with E-state index >= 15 is 0 Å². The van der Waals surface area contributed by atoms with Crippen molar-refractivity contribution in [2.24, 2.45) is 0 Å². The molecule has 2 aliphatic heterocycles. The Hall–Kier alpha value is -3.68. The minimum atomic E-state index is -1.01. The van der Waals surface area contributed by atoms with E-state index in [0.717, 1.165) is 17.7 Å². The maximum Gasteiger partial charge on any atom is 0.290 e. The predicted octanol–water partition coefficient (Wildman–Crippen LogP) is 3.86. The number of likely N-dealkylation sites (tertiary alicyclic amines) is 1. The minimum absolute atomic E-state index is 0.144. The van der Waals surface area contributed by atoms with Gasteiger partial charge in [-0.3, -0.25) is 9.59 Å². The van der Waals surface area contributed by atoms with Crippen molar-refractivity contribution in [2.45, 2.75) is 18.5 Å². The van der Waals surface area contributed by atoms with E-state index in [1.807, 2.05) is 12.1 Å². The van der Waals surface area contributed by atoms with Crippen LogP contribution in [-0.2, 0) is 4.79 Å². The van der Waals surface area contributed by atoms with E-state index in [0.29, 0.717) is 30.2 Å². The molecular formula is C23H18F2N2O4. The number of nitrogens with zero attached hydrogens (tertiary/aromatic N) is 2. The zero-order valence-corrected chi connectivity index (χ0v) is 16.5. The van der Waals surface area contributed by atoms with Gasteiger partial charge in [0, 0.05) is 23.9 Å². The van der Waals surface area contributed by atoms with Gasteiger partial charge in [-0.1, -0.05) is 0 Å². The Morgan fingerprint density at radius 3 is 2.52 bits per heavy atom. The first-order valence-corrected chi connectivity index (χ1v) is 9.79. The number of methoxy groups -OCH3 is 1. The number of ether oxygens (including phenoxy) is 1. The average Bonchev–Trinajstić information content (AvgIpc) is 3.50. The van der Waals surface area contributed by atoms with Crippen molar-refractivity contribution in [3.05, 3.63) is 72.0 Å². The van der Waals surface area contributed by atoms with Crippen molar-refractivity contribution in [1.29, 1.82) is 0 Å². The number of halogens is 2. The molecule has 5 rings (SSSR count). The van der Waals surface area contributed by atoms with Crippen molar-refractivity contribution in [3.63, 3.8) is 0 Å². The van der Waals surface area contributed by atoms with Crippen molar-refractivity contribution < 1.29 is 27.5 Å². The van der Waals surface area contributed by atoms with Crippen LogP contribution in [0.5, 0.6) is 5.75 Å². The number of benzene rings is 2. The average molecular weight is 424 g/mol. The summed E-state index contributed by atoms with van der Waals surface area (Å²) in [5.74, 6) is -1.27. The number of piperazine rings is 1. The molecular weight excluding hydrogens is 406 g/mol. The largest absolute Gasteiger partial charge is 0.497 e. The van der Waals surface area contributed by atoms with Gasteiger partial charge in [-0.25, -0.2) is 8.78 Å². The van der Waals surface area contributed by atoms with E-state index in [1.54, 1.807) is 31.4 Å². The number of hydrogen-bond donors (Lipinski definition) is 0. The third-order valence-corrected chi connectivity index (χ3v) is 5.80. The topological polar surface area (TPSA) is 63.0 Å². The predicted molar refractivity (Wildman–Crippen MR) is 108 cm³/mol. The normalized spacial score (nSPS) is 19.9. The Kier molecular flexibility index (Phi) is 4.50. The summed E-state index contributed by atoms with van der Waals surface area (Å²) in [6.45, 7) is 0.298. The summed E-state index contributed by atoms with van der Waals surface area (Å²) in [7, 11) is 1.58. The van der Waals surface area contributed by atoms with Crippen LogP contribution in [0.4, 0.5) is 14.5 Å². The monoisotopic (exact) mass is 424 g/mol. The van der Waals surface area contributed by atoms with Crippen LogP contribution < -0.4 is 9.64 Å². The Labute approximate surface area is 176 Å². The number of furan rings is 1. The highest BCUT2D eigenvalue weighted by molar-refractivity contribution is 6.05. The highest BCUT2D eigenvalue weighted by Gasteiger charge is 2.52. The first-order valence-electron chi connectivity index (χ1n) is 9.79. The van der Waals surface area contributed by atoms with Gasteiger partial charge in [-0.05, 0) is 55.0 Å². The number of carbonyl (C=O) groups is 2. The first kappa shape index (κ1) is 19.3. The summed E-state index contributed by atoms with van der Waals surface area (Å²) in [5.41, 5.74) is 1.09. The van der Waals surface area contributed by atoms with E-state index in [1.165, 1.54) is 15.9 Å². The molecule has 0 spiro atoms. The third kappa shape index (κ3) is 3.15. The fraction of sp³-hybridized carbons (Fsp3) is 0.217. The van der Waals surface area contributed by atoms with Crippen LogP contribution in [0.3, 0.4) is 0 Å². The lowest BCUT2D eigenvalue weighted by Crippen LogP contribution is -2.52. The van der Waals surface area contributed by atoms with Crippen LogP contribution in [0.25, 0.3) is 11.3 Å². The number of fused-ring (bicyclic) bond motifs is 2. The molecule has 2 aliphatic rings. The van der Waals surface area contributed by atoms with Gasteiger partial charge in [0.2, 0.25) is 5.91 Å². The number of hydrogen-bond acceptors (Lipinski definition) is 4. The lowest BCUT2D eigenvalue weighted by Gasteiger charge is -2.33. The molecule has 3 aromatic rings. The van der Waals surface area contributed by atoms with Crippen molar-refractivity contribution in [2.75, 3.05) is 18.6 Å². The van der Waals surface area contributed by atoms with Gasteiger partial charge in [-0.2, -0.15) is 0 Å². The zero-order valence-electron chi connectivity index (χ0n) is 16.5. The third-order valence-electron chi connectivity index (χ3n) is 5.80. The maximum atomic E-state index is 13.6. The standard InChI is InChI=1S/C23H18F2N2O4/c1-30-16-5-2-13(3-6-16)20-8-9-21(31-20)23(29)26-12-15-11-19(26)22(28)27(15)14-4-7-17(24)18(25)10-14/h2-10,15,19H,11-12H2,1H3/t15-,19-/m0/s1. The quantitative estimate of drug-likeness (QED) is 0.638. The van der Waals surface area contributed by atoms with Crippen molar-refractivity contribution in [3.8, 4) is 17.1 Å². The Bertz CT molecular complexity index is 1170. The number of rotatable bonds is 4.